The summed E-state index contributed by atoms with van der Waals surface area (Å²) in [5, 5.41) is 8.75. The molecule has 6 nitrogen and oxygen atoms in total. The van der Waals surface area contributed by atoms with Crippen molar-refractivity contribution in [2.45, 2.75) is 0 Å². The van der Waals surface area contributed by atoms with Crippen LogP contribution in [-0.2, 0) is 4.79 Å². The molecule has 0 aliphatic carbocycles. The molecule has 0 aromatic heterocycles. The van der Waals surface area contributed by atoms with E-state index < -0.39 is 5.92 Å². The lowest BCUT2D eigenvalue weighted by Crippen LogP contribution is -2.37. The highest BCUT2D eigenvalue weighted by Crippen LogP contribution is 2.20. The summed E-state index contributed by atoms with van der Waals surface area (Å²) in [6.45, 7) is 0. The number of hydrogen-bond acceptors (Lipinski definition) is 5. The number of nitrogens with two attached hydrogens (primary N) is 1. The maximum Gasteiger partial charge on any atom is 0.239 e. The molecule has 1 heterocycles. The number of methoxy groups -OCH3 is 1. The predicted octanol–water partition coefficient (Wildman–Crippen LogP) is 2.56. The van der Waals surface area contributed by atoms with E-state index in [9.17, 15) is 4.79 Å². The van der Waals surface area contributed by atoms with Crippen molar-refractivity contribution in [2.24, 2.45) is 16.8 Å². The van der Waals surface area contributed by atoms with E-state index in [1.54, 1.807) is 48.7 Å². The fourth-order valence-electron chi connectivity index (χ4n) is 2.33. The normalized spacial score (nSPS) is 16.5. The van der Waals surface area contributed by atoms with Gasteiger partial charge in [-0.25, -0.2) is 5.01 Å². The molecule has 3 rings (SSSR count). The molecule has 122 valence electrons. The minimum absolute atomic E-state index is 0.231. The van der Waals surface area contributed by atoms with Gasteiger partial charge in [0.25, 0.3) is 0 Å². The Labute approximate surface area is 140 Å². The van der Waals surface area contributed by atoms with Gasteiger partial charge in [0.2, 0.25) is 5.91 Å². The summed E-state index contributed by atoms with van der Waals surface area (Å²) in [5.74, 6) is 0.134. The Hall–Kier alpha value is -3.28. The molecule has 6 heteroatoms. The van der Waals surface area contributed by atoms with Gasteiger partial charge < -0.3 is 15.8 Å². The van der Waals surface area contributed by atoms with Gasteiger partial charge in [0, 0.05) is 11.9 Å². The lowest BCUT2D eigenvalue weighted by atomic mass is 10.1. The molecule has 1 atom stereocenters. The largest absolute Gasteiger partial charge is 0.497 e. The lowest BCUT2D eigenvalue weighted by molar-refractivity contribution is -0.117. The number of para-hydroxylation sites is 1. The molecule has 0 fully saturated rings. The first-order valence-electron chi connectivity index (χ1n) is 7.49. The molecular weight excluding hydrogens is 304 g/mol. The fraction of sp³-hybridized carbons (Fsp3) is 0.111. The second-order valence-electron chi connectivity index (χ2n) is 5.24. The Morgan fingerprint density at radius 1 is 1.17 bits per heavy atom. The molecule has 1 aliphatic heterocycles. The van der Waals surface area contributed by atoms with Gasteiger partial charge in [0.05, 0.1) is 12.8 Å². The van der Waals surface area contributed by atoms with Crippen LogP contribution in [0.3, 0.4) is 0 Å². The number of nitrogens with one attached hydrogen (secondary N) is 1. The molecule has 1 aliphatic rings. The summed E-state index contributed by atoms with van der Waals surface area (Å²) in [4.78, 5) is 12.4. The van der Waals surface area contributed by atoms with E-state index in [0.29, 0.717) is 5.69 Å². The van der Waals surface area contributed by atoms with Crippen molar-refractivity contribution in [3.63, 3.8) is 0 Å². The molecule has 0 saturated heterocycles. The van der Waals surface area contributed by atoms with Gasteiger partial charge in [-0.1, -0.05) is 18.2 Å². The zero-order chi connectivity index (χ0) is 16.9. The number of anilines is 2. The lowest BCUT2D eigenvalue weighted by Gasteiger charge is -2.23. The van der Waals surface area contributed by atoms with Crippen molar-refractivity contribution in [1.82, 2.24) is 0 Å². The molecule has 2 aromatic rings. The monoisotopic (exact) mass is 322 g/mol. The van der Waals surface area contributed by atoms with Gasteiger partial charge in [-0.05, 0) is 42.5 Å². The second-order valence-corrected chi connectivity index (χ2v) is 5.24. The van der Waals surface area contributed by atoms with Crippen LogP contribution < -0.4 is 20.8 Å². The number of carbonyl (C=O) groups excluding carboxylic acids is 1. The van der Waals surface area contributed by atoms with Crippen molar-refractivity contribution in [1.29, 1.82) is 0 Å². The summed E-state index contributed by atoms with van der Waals surface area (Å²) in [7, 11) is 1.59. The number of rotatable bonds is 4. The average molecular weight is 322 g/mol. The molecule has 0 bridgehead atoms. The maximum atomic E-state index is 12.4. The zero-order valence-corrected chi connectivity index (χ0v) is 13.2. The number of carbonyl (C=O) groups is 1. The molecule has 2 aromatic carbocycles. The van der Waals surface area contributed by atoms with Crippen molar-refractivity contribution in [3.05, 3.63) is 66.9 Å². The van der Waals surface area contributed by atoms with Crippen LogP contribution in [-0.4, -0.2) is 18.9 Å². The standard InChI is InChI=1S/C18H18N4O2/c1-24-15-9-7-13(8-10-15)20-18(23)16-11-12-22(21-17(16)19)14-5-3-2-4-6-14/h2-12,16H,1H3,(H2,19,21)(H,20,23). The molecule has 0 spiro atoms. The van der Waals surface area contributed by atoms with Gasteiger partial charge >= 0.3 is 0 Å². The highest BCUT2D eigenvalue weighted by atomic mass is 16.5. The number of hydrogen-bond donors (Lipinski definition) is 2. The van der Waals surface area contributed by atoms with E-state index in [0.717, 1.165) is 11.4 Å². The fourth-order valence-corrected chi connectivity index (χ4v) is 2.33. The van der Waals surface area contributed by atoms with E-state index in [-0.39, 0.29) is 11.7 Å². The summed E-state index contributed by atoms with van der Waals surface area (Å²) < 4.78 is 5.09. The van der Waals surface area contributed by atoms with Crippen LogP contribution in [0.5, 0.6) is 5.75 Å². The van der Waals surface area contributed by atoms with Crippen LogP contribution in [0.2, 0.25) is 0 Å². The van der Waals surface area contributed by atoms with Gasteiger partial charge in [-0.3, -0.25) is 4.79 Å². The smallest absolute Gasteiger partial charge is 0.239 e. The first kappa shape index (κ1) is 15.6. The maximum absolute atomic E-state index is 12.4. The van der Waals surface area contributed by atoms with Gasteiger partial charge in [0.1, 0.15) is 17.5 Å². The van der Waals surface area contributed by atoms with Crippen molar-refractivity contribution in [2.75, 3.05) is 17.4 Å². The average Bonchev–Trinajstić information content (AvgIpc) is 2.63. The number of hydrazone groups is 1. The molecule has 0 saturated carbocycles. The Balaban J connectivity index is 1.69. The third kappa shape index (κ3) is 3.38. The number of benzene rings is 2. The summed E-state index contributed by atoms with van der Waals surface area (Å²) >= 11 is 0. The number of nitrogens with zero attached hydrogens (tertiary/aromatic N) is 2. The number of amidine groups is 1. The molecule has 1 unspecified atom stereocenters. The van der Waals surface area contributed by atoms with Crippen LogP contribution in [0.4, 0.5) is 11.4 Å². The molecule has 24 heavy (non-hydrogen) atoms. The SMILES string of the molecule is COc1ccc(NC(=O)C2C=CN(c3ccccc3)N=C2N)cc1. The molecule has 3 N–H and O–H groups in total. The van der Waals surface area contributed by atoms with E-state index >= 15 is 0 Å². The molecular formula is C18H18N4O2. The van der Waals surface area contributed by atoms with E-state index in [1.807, 2.05) is 30.3 Å². The van der Waals surface area contributed by atoms with E-state index in [1.165, 1.54) is 0 Å². The Morgan fingerprint density at radius 3 is 2.50 bits per heavy atom. The van der Waals surface area contributed by atoms with Crippen LogP contribution in [0.25, 0.3) is 0 Å². The number of amides is 1. The van der Waals surface area contributed by atoms with Crippen molar-refractivity contribution < 1.29 is 9.53 Å². The van der Waals surface area contributed by atoms with Gasteiger partial charge in [-0.2, -0.15) is 5.10 Å². The first-order valence-corrected chi connectivity index (χ1v) is 7.49. The van der Waals surface area contributed by atoms with E-state index in [4.69, 9.17) is 10.5 Å². The third-order valence-corrected chi connectivity index (χ3v) is 3.62. The minimum atomic E-state index is -0.605. The summed E-state index contributed by atoms with van der Waals surface area (Å²) in [5.41, 5.74) is 7.54. The Morgan fingerprint density at radius 2 is 1.88 bits per heavy atom. The van der Waals surface area contributed by atoms with E-state index in [2.05, 4.69) is 10.4 Å². The number of ether oxygens (including phenoxy) is 1. The highest BCUT2D eigenvalue weighted by molar-refractivity contribution is 6.10. The summed E-state index contributed by atoms with van der Waals surface area (Å²) in [6, 6.07) is 16.7. The second kappa shape index (κ2) is 6.87. The van der Waals surface area contributed by atoms with Crippen LogP contribution in [0, 0.1) is 5.92 Å². The van der Waals surface area contributed by atoms with Crippen LogP contribution >= 0.6 is 0 Å². The minimum Gasteiger partial charge on any atom is -0.497 e. The van der Waals surface area contributed by atoms with Crippen molar-refractivity contribution >= 4 is 23.1 Å². The quantitative estimate of drug-likeness (QED) is 0.906. The van der Waals surface area contributed by atoms with Crippen LogP contribution in [0.1, 0.15) is 0 Å². The van der Waals surface area contributed by atoms with Gasteiger partial charge in [0.15, 0.2) is 0 Å². The molecule has 0 radical (unpaired) electrons. The van der Waals surface area contributed by atoms with Crippen molar-refractivity contribution in [3.8, 4) is 5.75 Å². The Kier molecular flexibility index (Phi) is 4.47. The first-order chi connectivity index (χ1) is 11.7. The molecule has 1 amide bonds. The summed E-state index contributed by atoms with van der Waals surface area (Å²) in [6.07, 6.45) is 3.47. The zero-order valence-electron chi connectivity index (χ0n) is 13.2. The highest BCUT2D eigenvalue weighted by Gasteiger charge is 2.24. The topological polar surface area (TPSA) is 80.0 Å². The third-order valence-electron chi connectivity index (χ3n) is 3.62. The Bertz CT molecular complexity index is 769. The van der Waals surface area contributed by atoms with Gasteiger partial charge in [-0.15, -0.1) is 0 Å². The predicted molar refractivity (Wildman–Crippen MR) is 94.8 cm³/mol. The van der Waals surface area contributed by atoms with Crippen LogP contribution in [0.15, 0.2) is 72.0 Å².